The van der Waals surface area contributed by atoms with E-state index in [4.69, 9.17) is 5.11 Å². The Hall–Kier alpha value is -1.53. The zero-order chi connectivity index (χ0) is 13.1. The molecule has 0 fully saturated rings. The van der Waals surface area contributed by atoms with Crippen molar-refractivity contribution in [3.05, 3.63) is 45.4 Å². The van der Waals surface area contributed by atoms with Crippen LogP contribution in [0.3, 0.4) is 0 Å². The number of benzene rings is 1. The smallest absolute Gasteiger partial charge is 0.187 e. The van der Waals surface area contributed by atoms with Gasteiger partial charge in [-0.2, -0.15) is 0 Å². The van der Waals surface area contributed by atoms with Gasteiger partial charge in [-0.1, -0.05) is 0 Å². The summed E-state index contributed by atoms with van der Waals surface area (Å²) < 4.78 is 26.2. The van der Waals surface area contributed by atoms with Gasteiger partial charge in [-0.25, -0.2) is 13.8 Å². The maximum Gasteiger partial charge on any atom is 0.187 e. The Labute approximate surface area is 107 Å². The average molecular weight is 270 g/mol. The molecule has 18 heavy (non-hydrogen) atoms. The number of thiazole rings is 1. The van der Waals surface area contributed by atoms with E-state index in [0.29, 0.717) is 18.7 Å². The van der Waals surface area contributed by atoms with E-state index in [1.165, 1.54) is 11.3 Å². The zero-order valence-corrected chi connectivity index (χ0v) is 10.5. The average Bonchev–Trinajstić information content (AvgIpc) is 2.72. The number of hydrogen-bond donors (Lipinski definition) is 2. The van der Waals surface area contributed by atoms with Crippen LogP contribution in [0.2, 0.25) is 0 Å². The highest BCUT2D eigenvalue weighted by molar-refractivity contribution is 7.09. The van der Waals surface area contributed by atoms with Crippen LogP contribution in [-0.2, 0) is 13.1 Å². The lowest BCUT2D eigenvalue weighted by molar-refractivity contribution is 0.395. The summed E-state index contributed by atoms with van der Waals surface area (Å²) >= 11 is 1.53. The number of aromatic nitrogens is 1. The molecule has 0 amide bonds. The summed E-state index contributed by atoms with van der Waals surface area (Å²) in [6, 6.07) is 2.23. The van der Waals surface area contributed by atoms with Crippen molar-refractivity contribution in [3.8, 4) is 5.75 Å². The van der Waals surface area contributed by atoms with Gasteiger partial charge in [0, 0.05) is 18.0 Å². The third-order valence-electron chi connectivity index (χ3n) is 2.54. The number of nitrogens with one attached hydrogen (secondary N) is 1. The van der Waals surface area contributed by atoms with E-state index in [1.54, 1.807) is 5.51 Å². The number of hydrogen-bond acceptors (Lipinski definition) is 4. The van der Waals surface area contributed by atoms with Crippen molar-refractivity contribution in [2.45, 2.75) is 20.0 Å². The molecule has 3 nitrogen and oxygen atoms in total. The Kier molecular flexibility index (Phi) is 3.88. The molecule has 0 aliphatic heterocycles. The molecule has 0 spiro atoms. The van der Waals surface area contributed by atoms with E-state index in [9.17, 15) is 8.78 Å². The van der Waals surface area contributed by atoms with Crippen molar-refractivity contribution in [1.29, 1.82) is 0 Å². The molecule has 0 unspecified atom stereocenters. The van der Waals surface area contributed by atoms with Crippen LogP contribution < -0.4 is 5.32 Å². The van der Waals surface area contributed by atoms with Crippen molar-refractivity contribution in [2.75, 3.05) is 0 Å². The minimum atomic E-state index is -0.944. The summed E-state index contributed by atoms with van der Waals surface area (Å²) in [7, 11) is 0. The summed E-state index contributed by atoms with van der Waals surface area (Å²) in [5.74, 6) is -2.82. The molecule has 2 N–H and O–H groups in total. The van der Waals surface area contributed by atoms with Gasteiger partial charge in [0.05, 0.1) is 11.2 Å². The van der Waals surface area contributed by atoms with Crippen LogP contribution in [0, 0.1) is 18.6 Å². The predicted molar refractivity (Wildman–Crippen MR) is 65.4 cm³/mol. The Morgan fingerprint density at radius 2 is 1.94 bits per heavy atom. The van der Waals surface area contributed by atoms with Gasteiger partial charge in [0.2, 0.25) is 0 Å². The Balaban J connectivity index is 1.97. The first-order valence-corrected chi connectivity index (χ1v) is 6.22. The lowest BCUT2D eigenvalue weighted by atomic mass is 10.2. The van der Waals surface area contributed by atoms with Gasteiger partial charge in [-0.3, -0.25) is 0 Å². The molecule has 2 aromatic rings. The third-order valence-corrected chi connectivity index (χ3v) is 3.47. The van der Waals surface area contributed by atoms with Crippen LogP contribution in [-0.4, -0.2) is 10.1 Å². The molecule has 0 saturated carbocycles. The fourth-order valence-electron chi connectivity index (χ4n) is 1.54. The molecular weight excluding hydrogens is 258 g/mol. The molecule has 1 heterocycles. The largest absolute Gasteiger partial charge is 0.503 e. The quantitative estimate of drug-likeness (QED) is 0.898. The maximum absolute atomic E-state index is 13.1. The Morgan fingerprint density at radius 1 is 1.28 bits per heavy atom. The van der Waals surface area contributed by atoms with Crippen LogP contribution in [0.5, 0.6) is 5.75 Å². The molecule has 0 atom stereocenters. The van der Waals surface area contributed by atoms with E-state index >= 15 is 0 Å². The number of rotatable bonds is 4. The summed E-state index contributed by atoms with van der Waals surface area (Å²) in [6.45, 7) is 2.83. The van der Waals surface area contributed by atoms with Gasteiger partial charge in [0.25, 0.3) is 0 Å². The standard InChI is InChI=1S/C12H12F2N2OS/c1-7-11(18-6-16-7)5-15-4-8-2-9(13)12(17)10(14)3-8/h2-3,6,15,17H,4-5H2,1H3. The molecule has 2 rings (SSSR count). The van der Waals surface area contributed by atoms with Crippen LogP contribution in [0.1, 0.15) is 16.1 Å². The lowest BCUT2D eigenvalue weighted by Gasteiger charge is -2.06. The van der Waals surface area contributed by atoms with E-state index in [2.05, 4.69) is 10.3 Å². The first-order chi connectivity index (χ1) is 8.58. The van der Waals surface area contributed by atoms with E-state index in [-0.39, 0.29) is 0 Å². The number of aryl methyl sites for hydroxylation is 1. The number of phenolic OH excluding ortho intramolecular Hbond substituents is 1. The lowest BCUT2D eigenvalue weighted by Crippen LogP contribution is -2.12. The molecule has 96 valence electrons. The van der Waals surface area contributed by atoms with Crippen molar-refractivity contribution >= 4 is 11.3 Å². The van der Waals surface area contributed by atoms with E-state index in [1.807, 2.05) is 6.92 Å². The maximum atomic E-state index is 13.1. The highest BCUT2D eigenvalue weighted by Crippen LogP contribution is 2.21. The van der Waals surface area contributed by atoms with Crippen LogP contribution >= 0.6 is 11.3 Å². The highest BCUT2D eigenvalue weighted by Gasteiger charge is 2.09. The fraction of sp³-hybridized carbons (Fsp3) is 0.250. The normalized spacial score (nSPS) is 10.8. The number of aromatic hydroxyl groups is 1. The first-order valence-electron chi connectivity index (χ1n) is 5.34. The van der Waals surface area contributed by atoms with Crippen molar-refractivity contribution in [1.82, 2.24) is 10.3 Å². The van der Waals surface area contributed by atoms with Crippen molar-refractivity contribution in [2.24, 2.45) is 0 Å². The second kappa shape index (κ2) is 5.41. The molecular formula is C12H12F2N2OS. The van der Waals surface area contributed by atoms with Crippen molar-refractivity contribution in [3.63, 3.8) is 0 Å². The molecule has 0 bridgehead atoms. The monoisotopic (exact) mass is 270 g/mol. The minimum Gasteiger partial charge on any atom is -0.503 e. The fourth-order valence-corrected chi connectivity index (χ4v) is 2.28. The van der Waals surface area contributed by atoms with Crippen LogP contribution in [0.15, 0.2) is 17.6 Å². The SMILES string of the molecule is Cc1ncsc1CNCc1cc(F)c(O)c(F)c1. The zero-order valence-electron chi connectivity index (χ0n) is 9.70. The topological polar surface area (TPSA) is 45.2 Å². The second-order valence-electron chi connectivity index (χ2n) is 3.87. The molecule has 1 aromatic heterocycles. The number of nitrogens with zero attached hydrogens (tertiary/aromatic N) is 1. The first kappa shape index (κ1) is 12.9. The molecule has 0 radical (unpaired) electrons. The molecule has 1 aromatic carbocycles. The van der Waals surface area contributed by atoms with Gasteiger partial charge < -0.3 is 10.4 Å². The van der Waals surface area contributed by atoms with Gasteiger partial charge in [-0.05, 0) is 24.6 Å². The highest BCUT2D eigenvalue weighted by atomic mass is 32.1. The van der Waals surface area contributed by atoms with Gasteiger partial charge in [0.15, 0.2) is 17.4 Å². The summed E-state index contributed by atoms with van der Waals surface area (Å²) in [4.78, 5) is 5.20. The van der Waals surface area contributed by atoms with Crippen LogP contribution in [0.4, 0.5) is 8.78 Å². The van der Waals surface area contributed by atoms with E-state index < -0.39 is 17.4 Å². The molecule has 6 heteroatoms. The predicted octanol–water partition coefficient (Wildman–Crippen LogP) is 2.73. The van der Waals surface area contributed by atoms with Crippen LogP contribution in [0.25, 0.3) is 0 Å². The summed E-state index contributed by atoms with van der Waals surface area (Å²) in [6.07, 6.45) is 0. The Bertz CT molecular complexity index is 534. The van der Waals surface area contributed by atoms with Gasteiger partial charge >= 0.3 is 0 Å². The van der Waals surface area contributed by atoms with Gasteiger partial charge in [0.1, 0.15) is 0 Å². The summed E-state index contributed by atoms with van der Waals surface area (Å²) in [5, 5.41) is 12.0. The molecule has 0 aliphatic carbocycles. The molecule has 0 saturated heterocycles. The Morgan fingerprint density at radius 3 is 2.50 bits per heavy atom. The van der Waals surface area contributed by atoms with E-state index in [0.717, 1.165) is 22.7 Å². The van der Waals surface area contributed by atoms with Crippen molar-refractivity contribution < 1.29 is 13.9 Å². The third kappa shape index (κ3) is 2.83. The minimum absolute atomic E-state index is 0.325. The number of phenols is 1. The number of halogens is 2. The summed E-state index contributed by atoms with van der Waals surface area (Å²) in [5.41, 5.74) is 3.16. The van der Waals surface area contributed by atoms with Gasteiger partial charge in [-0.15, -0.1) is 11.3 Å². The molecule has 0 aliphatic rings. The second-order valence-corrected chi connectivity index (χ2v) is 4.81.